The van der Waals surface area contributed by atoms with Crippen LogP contribution in [0.3, 0.4) is 0 Å². The fraction of sp³-hybridized carbons (Fsp3) is 0.227. The maximum Gasteiger partial charge on any atom is 0.248 e. The quantitative estimate of drug-likeness (QED) is 0.491. The van der Waals surface area contributed by atoms with Gasteiger partial charge in [-0.2, -0.15) is 0 Å². The Bertz CT molecular complexity index is 1150. The summed E-state index contributed by atoms with van der Waals surface area (Å²) in [5.41, 5.74) is 1.67. The molecule has 3 N–H and O–H groups in total. The highest BCUT2D eigenvalue weighted by Gasteiger charge is 2.14. The van der Waals surface area contributed by atoms with E-state index >= 15 is 0 Å². The zero-order chi connectivity index (χ0) is 21.8. The molecular formula is C22H21ClFN5O2. The lowest BCUT2D eigenvalue weighted by atomic mass is 10.1. The number of nitrogens with one attached hydrogen (secondary N) is 3. The minimum Gasteiger partial charge on any atom is -0.494 e. The van der Waals surface area contributed by atoms with Gasteiger partial charge in [-0.1, -0.05) is 17.7 Å². The number of aromatic nitrogens is 2. The van der Waals surface area contributed by atoms with Crippen molar-refractivity contribution in [1.82, 2.24) is 15.3 Å². The van der Waals surface area contributed by atoms with Crippen molar-refractivity contribution in [1.29, 1.82) is 0 Å². The fourth-order valence-electron chi connectivity index (χ4n) is 3.41. The maximum absolute atomic E-state index is 13.5. The smallest absolute Gasteiger partial charge is 0.248 e. The van der Waals surface area contributed by atoms with E-state index in [2.05, 4.69) is 25.9 Å². The lowest BCUT2D eigenvalue weighted by molar-refractivity contribution is -0.111. The Morgan fingerprint density at radius 3 is 2.94 bits per heavy atom. The van der Waals surface area contributed by atoms with Crippen molar-refractivity contribution < 1.29 is 13.9 Å². The Morgan fingerprint density at radius 2 is 2.19 bits per heavy atom. The summed E-state index contributed by atoms with van der Waals surface area (Å²) in [4.78, 5) is 21.0. The summed E-state index contributed by atoms with van der Waals surface area (Å²) in [6, 6.07) is 7.98. The molecule has 1 fully saturated rings. The first-order valence-electron chi connectivity index (χ1n) is 9.81. The van der Waals surface area contributed by atoms with E-state index in [4.69, 9.17) is 16.3 Å². The molecule has 0 aliphatic carbocycles. The van der Waals surface area contributed by atoms with Gasteiger partial charge in [0, 0.05) is 29.3 Å². The van der Waals surface area contributed by atoms with E-state index in [0.29, 0.717) is 33.8 Å². The topological polar surface area (TPSA) is 88.2 Å². The summed E-state index contributed by atoms with van der Waals surface area (Å²) in [7, 11) is 1.52. The van der Waals surface area contributed by atoms with Gasteiger partial charge < -0.3 is 20.7 Å². The van der Waals surface area contributed by atoms with Crippen LogP contribution in [0.5, 0.6) is 5.75 Å². The fourth-order valence-corrected chi connectivity index (χ4v) is 3.59. The second-order valence-corrected chi connectivity index (χ2v) is 7.50. The number of hydrogen-bond donors (Lipinski definition) is 3. The number of anilines is 3. The number of hydrogen-bond acceptors (Lipinski definition) is 6. The number of fused-ring (bicyclic) bond motifs is 1. The molecule has 1 amide bonds. The largest absolute Gasteiger partial charge is 0.494 e. The average Bonchev–Trinajstić information content (AvgIpc) is 3.28. The van der Waals surface area contributed by atoms with Gasteiger partial charge in [-0.05, 0) is 43.7 Å². The molecular weight excluding hydrogens is 421 g/mol. The number of halogens is 2. The van der Waals surface area contributed by atoms with Gasteiger partial charge in [-0.3, -0.25) is 4.79 Å². The van der Waals surface area contributed by atoms with Crippen LogP contribution < -0.4 is 20.7 Å². The Balaban J connectivity index is 1.63. The lowest BCUT2D eigenvalue weighted by Gasteiger charge is -2.13. The summed E-state index contributed by atoms with van der Waals surface area (Å²) >= 11 is 5.87. The first-order valence-corrected chi connectivity index (χ1v) is 10.2. The van der Waals surface area contributed by atoms with Crippen LogP contribution in [0, 0.1) is 5.82 Å². The maximum atomic E-state index is 13.5. The number of methoxy groups -OCH3 is 1. The highest BCUT2D eigenvalue weighted by molar-refractivity contribution is 6.31. The molecule has 2 heterocycles. The van der Waals surface area contributed by atoms with Gasteiger partial charge in [0.05, 0.1) is 23.3 Å². The van der Waals surface area contributed by atoms with Crippen LogP contribution in [0.4, 0.5) is 21.6 Å². The third kappa shape index (κ3) is 4.92. The number of rotatable bonds is 6. The molecule has 3 aromatic rings. The predicted octanol–water partition coefficient (Wildman–Crippen LogP) is 4.42. The van der Waals surface area contributed by atoms with Crippen LogP contribution in [0.2, 0.25) is 5.02 Å². The van der Waals surface area contributed by atoms with Crippen LogP contribution in [-0.4, -0.2) is 35.6 Å². The zero-order valence-corrected chi connectivity index (χ0v) is 17.5. The SMILES string of the molecule is COc1cc2ncnc(Nc3ccc(F)c(Cl)c3)c2cc1NC(=O)C=CC1CCCN1. The van der Waals surface area contributed by atoms with E-state index in [0.717, 1.165) is 19.4 Å². The van der Waals surface area contributed by atoms with Gasteiger partial charge >= 0.3 is 0 Å². The van der Waals surface area contributed by atoms with Gasteiger partial charge in [0.15, 0.2) is 0 Å². The third-order valence-corrected chi connectivity index (χ3v) is 5.26. The van der Waals surface area contributed by atoms with Gasteiger partial charge in [0.1, 0.15) is 23.7 Å². The molecule has 1 atom stereocenters. The summed E-state index contributed by atoms with van der Waals surface area (Å²) in [5.74, 6) is 0.192. The predicted molar refractivity (Wildman–Crippen MR) is 120 cm³/mol. The van der Waals surface area contributed by atoms with Crippen molar-refractivity contribution in [3.63, 3.8) is 0 Å². The highest BCUT2D eigenvalue weighted by atomic mass is 35.5. The van der Waals surface area contributed by atoms with Crippen LogP contribution in [-0.2, 0) is 4.79 Å². The second-order valence-electron chi connectivity index (χ2n) is 7.10. The molecule has 1 aliphatic heterocycles. The summed E-state index contributed by atoms with van der Waals surface area (Å²) in [5, 5.41) is 9.94. The second kappa shape index (κ2) is 9.28. The Kier molecular flexibility index (Phi) is 6.29. The van der Waals surface area contributed by atoms with E-state index in [1.54, 1.807) is 18.2 Å². The summed E-state index contributed by atoms with van der Waals surface area (Å²) in [6.45, 7) is 0.962. The number of carbonyl (C=O) groups is 1. The molecule has 0 spiro atoms. The minimum absolute atomic E-state index is 0.00141. The molecule has 31 heavy (non-hydrogen) atoms. The van der Waals surface area contributed by atoms with Crippen LogP contribution >= 0.6 is 11.6 Å². The molecule has 7 nitrogen and oxygen atoms in total. The Morgan fingerprint density at radius 1 is 1.32 bits per heavy atom. The number of nitrogens with zero attached hydrogens (tertiary/aromatic N) is 2. The standard InChI is InChI=1S/C22H21ClFN5O2/c1-31-20-11-18-15(10-19(20)29-21(30)7-5-13-3-2-8-25-13)22(27-12-26-18)28-14-4-6-17(24)16(23)9-14/h4-7,9-13,25H,2-3,8H2,1H3,(H,29,30)(H,26,27,28). The van der Waals surface area contributed by atoms with Crippen LogP contribution in [0.25, 0.3) is 10.9 Å². The van der Waals surface area contributed by atoms with Gasteiger partial charge in [0.2, 0.25) is 5.91 Å². The van der Waals surface area contributed by atoms with Crippen molar-refractivity contribution in [3.8, 4) is 5.75 Å². The first-order chi connectivity index (χ1) is 15.0. The summed E-state index contributed by atoms with van der Waals surface area (Å²) in [6.07, 6.45) is 6.91. The molecule has 1 saturated heterocycles. The zero-order valence-electron chi connectivity index (χ0n) is 16.8. The molecule has 0 radical (unpaired) electrons. The number of carbonyl (C=O) groups excluding carboxylic acids is 1. The molecule has 0 bridgehead atoms. The summed E-state index contributed by atoms with van der Waals surface area (Å²) < 4.78 is 18.9. The van der Waals surface area contributed by atoms with Crippen molar-refractivity contribution in [3.05, 3.63) is 59.7 Å². The van der Waals surface area contributed by atoms with E-state index in [9.17, 15) is 9.18 Å². The molecule has 160 valence electrons. The van der Waals surface area contributed by atoms with E-state index in [1.165, 1.54) is 31.6 Å². The highest BCUT2D eigenvalue weighted by Crippen LogP contribution is 2.33. The molecule has 4 rings (SSSR count). The third-order valence-electron chi connectivity index (χ3n) is 4.98. The van der Waals surface area contributed by atoms with E-state index < -0.39 is 5.82 Å². The van der Waals surface area contributed by atoms with E-state index in [1.807, 2.05) is 6.08 Å². The minimum atomic E-state index is -0.504. The molecule has 1 aromatic heterocycles. The van der Waals surface area contributed by atoms with E-state index in [-0.39, 0.29) is 17.0 Å². The first kappa shape index (κ1) is 21.0. The Hall–Kier alpha value is -3.23. The molecule has 1 aliphatic rings. The van der Waals surface area contributed by atoms with Crippen LogP contribution in [0.1, 0.15) is 12.8 Å². The normalized spacial score (nSPS) is 16.0. The average molecular weight is 442 g/mol. The monoisotopic (exact) mass is 441 g/mol. The number of amides is 1. The van der Waals surface area contributed by atoms with Crippen molar-refractivity contribution in [2.75, 3.05) is 24.3 Å². The number of benzene rings is 2. The number of ether oxygens (including phenoxy) is 1. The van der Waals surface area contributed by atoms with Crippen LogP contribution in [0.15, 0.2) is 48.8 Å². The molecule has 9 heteroatoms. The van der Waals surface area contributed by atoms with Gasteiger partial charge in [-0.25, -0.2) is 14.4 Å². The molecule has 2 aromatic carbocycles. The Labute approximate surface area is 183 Å². The molecule has 0 saturated carbocycles. The van der Waals surface area contributed by atoms with Crippen molar-refractivity contribution in [2.24, 2.45) is 0 Å². The van der Waals surface area contributed by atoms with Crippen molar-refractivity contribution in [2.45, 2.75) is 18.9 Å². The molecule has 1 unspecified atom stereocenters. The lowest BCUT2D eigenvalue weighted by Crippen LogP contribution is -2.19. The van der Waals surface area contributed by atoms with Crippen molar-refractivity contribution >= 4 is 45.6 Å². The van der Waals surface area contributed by atoms with Gasteiger partial charge in [-0.15, -0.1) is 0 Å². The van der Waals surface area contributed by atoms with Gasteiger partial charge in [0.25, 0.3) is 0 Å².